The third kappa shape index (κ3) is 3.93. The van der Waals surface area contributed by atoms with Crippen molar-refractivity contribution in [3.8, 4) is 5.75 Å². The predicted molar refractivity (Wildman–Crippen MR) is 82.4 cm³/mol. The van der Waals surface area contributed by atoms with E-state index in [1.54, 1.807) is 30.3 Å². The molecule has 2 aromatic carbocycles. The maximum absolute atomic E-state index is 11.4. The maximum Gasteiger partial charge on any atom is 0.295 e. The van der Waals surface area contributed by atoms with E-state index in [0.29, 0.717) is 11.1 Å². The van der Waals surface area contributed by atoms with Gasteiger partial charge in [-0.15, -0.1) is 0 Å². The number of rotatable bonds is 5. The minimum absolute atomic E-state index is 0.0321. The number of fused-ring (bicyclic) bond motifs is 1. The van der Waals surface area contributed by atoms with Gasteiger partial charge in [-0.1, -0.05) is 18.2 Å². The topological polar surface area (TPSA) is 66.8 Å². The summed E-state index contributed by atoms with van der Waals surface area (Å²) in [4.78, 5) is 1.90. The van der Waals surface area contributed by atoms with E-state index in [-0.39, 0.29) is 11.0 Å². The third-order valence-corrected chi connectivity index (χ3v) is 3.96. The largest absolute Gasteiger partial charge is 0.489 e. The van der Waals surface area contributed by atoms with Crippen LogP contribution in [0.1, 0.15) is 6.92 Å². The molecule has 114 valence electrons. The van der Waals surface area contributed by atoms with Gasteiger partial charge in [-0.2, -0.15) is 8.42 Å². The fourth-order valence-corrected chi connectivity index (χ4v) is 3.01. The van der Waals surface area contributed by atoms with Gasteiger partial charge in [-0.25, -0.2) is 0 Å². The first-order valence-corrected chi connectivity index (χ1v) is 8.03. The van der Waals surface area contributed by atoms with Gasteiger partial charge < -0.3 is 9.64 Å². The van der Waals surface area contributed by atoms with E-state index in [1.807, 2.05) is 25.9 Å². The van der Waals surface area contributed by atoms with Crippen LogP contribution in [-0.4, -0.2) is 44.6 Å². The van der Waals surface area contributed by atoms with Crippen LogP contribution in [0.5, 0.6) is 5.75 Å². The van der Waals surface area contributed by atoms with E-state index >= 15 is 0 Å². The average molecular weight is 309 g/mol. The van der Waals surface area contributed by atoms with Crippen molar-refractivity contribution in [2.45, 2.75) is 17.9 Å². The van der Waals surface area contributed by atoms with Crippen molar-refractivity contribution in [1.29, 1.82) is 0 Å². The van der Waals surface area contributed by atoms with Crippen LogP contribution in [0.3, 0.4) is 0 Å². The molecule has 21 heavy (non-hydrogen) atoms. The van der Waals surface area contributed by atoms with Gasteiger partial charge in [0.2, 0.25) is 0 Å². The van der Waals surface area contributed by atoms with Crippen molar-refractivity contribution < 1.29 is 17.7 Å². The van der Waals surface area contributed by atoms with Gasteiger partial charge in [0.1, 0.15) is 16.7 Å². The summed E-state index contributed by atoms with van der Waals surface area (Å²) < 4.78 is 38.0. The molecule has 0 saturated heterocycles. The molecule has 2 rings (SSSR count). The molecule has 2 aromatic rings. The monoisotopic (exact) mass is 309 g/mol. The van der Waals surface area contributed by atoms with Gasteiger partial charge in [0.05, 0.1) is 0 Å². The molecule has 0 amide bonds. The molecule has 0 radical (unpaired) electrons. The van der Waals surface area contributed by atoms with Crippen LogP contribution >= 0.6 is 0 Å². The Labute approximate surface area is 124 Å². The second-order valence-electron chi connectivity index (χ2n) is 5.30. The van der Waals surface area contributed by atoms with Gasteiger partial charge in [-0.05, 0) is 44.6 Å². The molecule has 0 aromatic heterocycles. The van der Waals surface area contributed by atoms with Crippen molar-refractivity contribution in [2.24, 2.45) is 0 Å². The Balaban J connectivity index is 2.41. The molecular formula is C15H19NO4S. The fourth-order valence-electron chi connectivity index (χ4n) is 2.31. The molecule has 5 nitrogen and oxygen atoms in total. The number of benzene rings is 2. The van der Waals surface area contributed by atoms with Crippen LogP contribution in [0, 0.1) is 0 Å². The van der Waals surface area contributed by atoms with Crippen molar-refractivity contribution in [2.75, 3.05) is 20.6 Å². The number of ether oxygens (including phenoxy) is 1. The highest BCUT2D eigenvalue weighted by Gasteiger charge is 2.14. The molecule has 0 fully saturated rings. The predicted octanol–water partition coefficient (Wildman–Crippen LogP) is 2.42. The minimum Gasteiger partial charge on any atom is -0.489 e. The van der Waals surface area contributed by atoms with Gasteiger partial charge >= 0.3 is 0 Å². The lowest BCUT2D eigenvalue weighted by atomic mass is 10.1. The molecule has 0 spiro atoms. The SMILES string of the molecule is CC(CN(C)C)Oc1ccc2cccc(S(=O)(=O)O)c2c1. The summed E-state index contributed by atoms with van der Waals surface area (Å²) in [6.45, 7) is 2.69. The molecule has 0 aliphatic carbocycles. The van der Waals surface area contributed by atoms with E-state index in [2.05, 4.69) is 0 Å². The van der Waals surface area contributed by atoms with Crippen molar-refractivity contribution >= 4 is 20.9 Å². The fraction of sp³-hybridized carbons (Fsp3) is 0.333. The molecule has 1 N–H and O–H groups in total. The number of hydrogen-bond acceptors (Lipinski definition) is 4. The third-order valence-electron chi connectivity index (χ3n) is 3.05. The average Bonchev–Trinajstić information content (AvgIpc) is 2.35. The van der Waals surface area contributed by atoms with E-state index in [1.165, 1.54) is 6.07 Å². The lowest BCUT2D eigenvalue weighted by Crippen LogP contribution is -2.27. The molecule has 1 atom stereocenters. The smallest absolute Gasteiger partial charge is 0.295 e. The van der Waals surface area contributed by atoms with E-state index in [0.717, 1.165) is 11.9 Å². The van der Waals surface area contributed by atoms with Gasteiger partial charge in [0.15, 0.2) is 0 Å². The van der Waals surface area contributed by atoms with E-state index < -0.39 is 10.1 Å². The maximum atomic E-state index is 11.4. The highest BCUT2D eigenvalue weighted by molar-refractivity contribution is 7.86. The summed E-state index contributed by atoms with van der Waals surface area (Å²) >= 11 is 0. The Kier molecular flexibility index (Phi) is 4.51. The number of nitrogens with zero attached hydrogens (tertiary/aromatic N) is 1. The Morgan fingerprint density at radius 1 is 1.24 bits per heavy atom. The summed E-state index contributed by atoms with van der Waals surface area (Å²) in [5.74, 6) is 0.577. The molecule has 0 aliphatic rings. The van der Waals surface area contributed by atoms with Crippen LogP contribution in [0.15, 0.2) is 41.3 Å². The first-order valence-electron chi connectivity index (χ1n) is 6.59. The van der Waals surface area contributed by atoms with Gasteiger partial charge in [-0.3, -0.25) is 4.55 Å². The van der Waals surface area contributed by atoms with Crippen LogP contribution in [0.2, 0.25) is 0 Å². The summed E-state index contributed by atoms with van der Waals surface area (Å²) in [7, 11) is -0.347. The molecule has 0 aliphatic heterocycles. The standard InChI is InChI=1S/C15H19NO4S/c1-11(10-16(2)3)20-13-8-7-12-5-4-6-15(14(12)9-13)21(17,18)19/h4-9,11H,10H2,1-3H3,(H,17,18,19). The molecular weight excluding hydrogens is 290 g/mol. The first-order chi connectivity index (χ1) is 9.77. The highest BCUT2D eigenvalue weighted by atomic mass is 32.2. The van der Waals surface area contributed by atoms with Crippen LogP contribution in [0.4, 0.5) is 0 Å². The Bertz CT molecular complexity index is 740. The van der Waals surface area contributed by atoms with E-state index in [9.17, 15) is 13.0 Å². The molecule has 0 saturated carbocycles. The second kappa shape index (κ2) is 6.01. The Hall–Kier alpha value is -1.63. The first kappa shape index (κ1) is 15.8. The molecule has 6 heteroatoms. The van der Waals surface area contributed by atoms with Gasteiger partial charge in [0, 0.05) is 11.9 Å². The highest BCUT2D eigenvalue weighted by Crippen LogP contribution is 2.27. The number of hydrogen-bond donors (Lipinski definition) is 1. The number of likely N-dealkylation sites (N-methyl/N-ethyl adjacent to an activating group) is 1. The van der Waals surface area contributed by atoms with Crippen LogP contribution in [0.25, 0.3) is 10.8 Å². The lowest BCUT2D eigenvalue weighted by molar-refractivity contribution is 0.177. The molecule has 1 unspecified atom stereocenters. The normalized spacial score (nSPS) is 13.6. The minimum atomic E-state index is -4.26. The van der Waals surface area contributed by atoms with E-state index in [4.69, 9.17) is 4.74 Å². The second-order valence-corrected chi connectivity index (χ2v) is 6.69. The zero-order chi connectivity index (χ0) is 15.6. The van der Waals surface area contributed by atoms with Crippen molar-refractivity contribution in [3.63, 3.8) is 0 Å². The Morgan fingerprint density at radius 2 is 1.95 bits per heavy atom. The quantitative estimate of drug-likeness (QED) is 0.859. The molecule has 0 heterocycles. The summed E-state index contributed by atoms with van der Waals surface area (Å²) in [6, 6.07) is 9.98. The Morgan fingerprint density at radius 3 is 2.57 bits per heavy atom. The van der Waals surface area contributed by atoms with Crippen molar-refractivity contribution in [3.05, 3.63) is 36.4 Å². The summed E-state index contributed by atoms with van der Waals surface area (Å²) in [5.41, 5.74) is 0. The van der Waals surface area contributed by atoms with Gasteiger partial charge in [0.25, 0.3) is 10.1 Å². The zero-order valence-electron chi connectivity index (χ0n) is 12.3. The summed E-state index contributed by atoms with van der Waals surface area (Å²) in [6.07, 6.45) is -0.0321. The summed E-state index contributed by atoms with van der Waals surface area (Å²) in [5, 5.41) is 1.19. The van der Waals surface area contributed by atoms with Crippen molar-refractivity contribution in [1.82, 2.24) is 4.90 Å². The van der Waals surface area contributed by atoms with Crippen LogP contribution < -0.4 is 4.74 Å². The zero-order valence-corrected chi connectivity index (χ0v) is 13.1. The molecule has 0 bridgehead atoms. The van der Waals surface area contributed by atoms with Crippen LogP contribution in [-0.2, 0) is 10.1 Å². The lowest BCUT2D eigenvalue weighted by Gasteiger charge is -2.19.